The Morgan fingerprint density at radius 1 is 1.56 bits per heavy atom. The molecule has 96 valence electrons. The minimum atomic E-state index is -0.701. The maximum Gasteiger partial charge on any atom is 0.280 e. The molecule has 2 rings (SSSR count). The zero-order valence-electron chi connectivity index (χ0n) is 9.92. The molecule has 1 aromatic carbocycles. The van der Waals surface area contributed by atoms with Gasteiger partial charge in [0.2, 0.25) is 0 Å². The molecule has 0 saturated heterocycles. The zero-order chi connectivity index (χ0) is 13.0. The second-order valence-electron chi connectivity index (χ2n) is 3.81. The number of benzene rings is 1. The molecule has 6 heteroatoms. The standard InChI is InChI=1S/C12H14N2O3S/c1-17-7-8(15)6-13-11(16)12-14-9-4-2-3-5-10(9)18-12/h2-5,8,15H,6-7H2,1H3,(H,13,16). The number of carbonyl (C=O) groups excluding carboxylic acids is 1. The van der Waals surface area contributed by atoms with E-state index >= 15 is 0 Å². The SMILES string of the molecule is COCC(O)CNC(=O)c1nc2ccccc2s1. The summed E-state index contributed by atoms with van der Waals surface area (Å²) in [6.07, 6.45) is -0.701. The predicted molar refractivity (Wildman–Crippen MR) is 69.8 cm³/mol. The van der Waals surface area contributed by atoms with Crippen LogP contribution in [0.15, 0.2) is 24.3 Å². The van der Waals surface area contributed by atoms with Crippen molar-refractivity contribution >= 4 is 27.5 Å². The van der Waals surface area contributed by atoms with Crippen LogP contribution >= 0.6 is 11.3 Å². The summed E-state index contributed by atoms with van der Waals surface area (Å²) in [7, 11) is 1.50. The first kappa shape index (κ1) is 12.9. The van der Waals surface area contributed by atoms with Crippen LogP contribution in [0.5, 0.6) is 0 Å². The summed E-state index contributed by atoms with van der Waals surface area (Å²) < 4.78 is 5.75. The lowest BCUT2D eigenvalue weighted by atomic mass is 10.3. The number of carbonyl (C=O) groups is 1. The number of rotatable bonds is 5. The van der Waals surface area contributed by atoms with Crippen molar-refractivity contribution in [3.05, 3.63) is 29.3 Å². The van der Waals surface area contributed by atoms with E-state index in [1.165, 1.54) is 18.4 Å². The topological polar surface area (TPSA) is 71.5 Å². The molecule has 1 heterocycles. The Bertz CT molecular complexity index is 508. The molecule has 0 aliphatic heterocycles. The maximum absolute atomic E-state index is 11.8. The van der Waals surface area contributed by atoms with Gasteiger partial charge in [0, 0.05) is 13.7 Å². The lowest BCUT2D eigenvalue weighted by molar-refractivity contribution is 0.0610. The van der Waals surface area contributed by atoms with Crippen LogP contribution in [0.2, 0.25) is 0 Å². The van der Waals surface area contributed by atoms with Crippen molar-refractivity contribution < 1.29 is 14.6 Å². The van der Waals surface area contributed by atoms with Crippen LogP contribution in [-0.4, -0.2) is 42.4 Å². The fourth-order valence-electron chi connectivity index (χ4n) is 1.51. The quantitative estimate of drug-likeness (QED) is 0.848. The van der Waals surface area contributed by atoms with E-state index in [4.69, 9.17) is 4.74 Å². The van der Waals surface area contributed by atoms with Gasteiger partial charge in [-0.2, -0.15) is 0 Å². The molecule has 5 nitrogen and oxygen atoms in total. The van der Waals surface area contributed by atoms with Gasteiger partial charge in [0.1, 0.15) is 0 Å². The summed E-state index contributed by atoms with van der Waals surface area (Å²) in [4.78, 5) is 16.0. The predicted octanol–water partition coefficient (Wildman–Crippen LogP) is 1.03. The molecule has 18 heavy (non-hydrogen) atoms. The van der Waals surface area contributed by atoms with Crippen LogP contribution in [0, 0.1) is 0 Å². The molecule has 2 N–H and O–H groups in total. The number of aliphatic hydroxyl groups is 1. The van der Waals surface area contributed by atoms with Crippen molar-refractivity contribution in [2.45, 2.75) is 6.10 Å². The second kappa shape index (κ2) is 5.90. The van der Waals surface area contributed by atoms with E-state index in [-0.39, 0.29) is 19.1 Å². The van der Waals surface area contributed by atoms with Crippen molar-refractivity contribution in [1.82, 2.24) is 10.3 Å². The Labute approximate surface area is 108 Å². The summed E-state index contributed by atoms with van der Waals surface area (Å²) in [6.45, 7) is 0.350. The molecule has 0 saturated carbocycles. The Balaban J connectivity index is 2.00. The molecule has 1 atom stereocenters. The van der Waals surface area contributed by atoms with Crippen LogP contribution in [0.25, 0.3) is 10.2 Å². The number of amides is 1. The van der Waals surface area contributed by atoms with Crippen LogP contribution in [-0.2, 0) is 4.74 Å². The number of hydrogen-bond donors (Lipinski definition) is 2. The molecule has 1 amide bonds. The van der Waals surface area contributed by atoms with Gasteiger partial charge in [0.25, 0.3) is 5.91 Å². The van der Waals surface area contributed by atoms with Crippen molar-refractivity contribution in [3.63, 3.8) is 0 Å². The van der Waals surface area contributed by atoms with Gasteiger partial charge in [-0.1, -0.05) is 12.1 Å². The zero-order valence-corrected chi connectivity index (χ0v) is 10.7. The fourth-order valence-corrected chi connectivity index (χ4v) is 2.39. The highest BCUT2D eigenvalue weighted by molar-refractivity contribution is 7.20. The molecule has 1 aromatic heterocycles. The fraction of sp³-hybridized carbons (Fsp3) is 0.333. The van der Waals surface area contributed by atoms with Gasteiger partial charge in [-0.15, -0.1) is 11.3 Å². The highest BCUT2D eigenvalue weighted by Crippen LogP contribution is 2.21. The van der Waals surface area contributed by atoms with Crippen LogP contribution in [0.4, 0.5) is 0 Å². The molecule has 0 aliphatic carbocycles. The molecular weight excluding hydrogens is 252 g/mol. The molecule has 0 radical (unpaired) electrons. The minimum absolute atomic E-state index is 0.155. The highest BCUT2D eigenvalue weighted by Gasteiger charge is 2.13. The van der Waals surface area contributed by atoms with Crippen molar-refractivity contribution in [2.24, 2.45) is 0 Å². The van der Waals surface area contributed by atoms with Gasteiger partial charge < -0.3 is 15.2 Å². The third-order valence-corrected chi connectivity index (χ3v) is 3.38. The van der Waals surface area contributed by atoms with E-state index in [0.29, 0.717) is 5.01 Å². The van der Waals surface area contributed by atoms with E-state index in [0.717, 1.165) is 10.2 Å². The van der Waals surface area contributed by atoms with Crippen LogP contribution < -0.4 is 5.32 Å². The van der Waals surface area contributed by atoms with E-state index in [1.54, 1.807) is 0 Å². The van der Waals surface area contributed by atoms with Crippen molar-refractivity contribution in [2.75, 3.05) is 20.3 Å². The van der Waals surface area contributed by atoms with Crippen molar-refractivity contribution in [1.29, 1.82) is 0 Å². The number of aliphatic hydroxyl groups excluding tert-OH is 1. The Morgan fingerprint density at radius 2 is 2.33 bits per heavy atom. The number of thiazole rings is 1. The lowest BCUT2D eigenvalue weighted by Gasteiger charge is -2.09. The Hall–Kier alpha value is -1.50. The average molecular weight is 266 g/mol. The average Bonchev–Trinajstić information content (AvgIpc) is 2.80. The summed E-state index contributed by atoms with van der Waals surface area (Å²) in [5, 5.41) is 12.5. The van der Waals surface area contributed by atoms with Gasteiger partial charge in [-0.3, -0.25) is 4.79 Å². The van der Waals surface area contributed by atoms with Gasteiger partial charge in [-0.05, 0) is 12.1 Å². The first-order chi connectivity index (χ1) is 8.70. The molecule has 0 spiro atoms. The summed E-state index contributed by atoms with van der Waals surface area (Å²) in [6, 6.07) is 7.57. The largest absolute Gasteiger partial charge is 0.389 e. The molecule has 2 aromatic rings. The molecule has 0 bridgehead atoms. The number of para-hydroxylation sites is 1. The number of ether oxygens (including phenoxy) is 1. The Morgan fingerprint density at radius 3 is 3.06 bits per heavy atom. The Kier molecular flexibility index (Phi) is 4.24. The smallest absolute Gasteiger partial charge is 0.280 e. The van der Waals surface area contributed by atoms with E-state index < -0.39 is 6.10 Å². The third kappa shape index (κ3) is 3.04. The van der Waals surface area contributed by atoms with Crippen molar-refractivity contribution in [3.8, 4) is 0 Å². The lowest BCUT2D eigenvalue weighted by Crippen LogP contribution is -2.34. The number of nitrogens with zero attached hydrogens (tertiary/aromatic N) is 1. The molecule has 1 unspecified atom stereocenters. The van der Waals surface area contributed by atoms with Gasteiger partial charge in [0.15, 0.2) is 5.01 Å². The van der Waals surface area contributed by atoms with E-state index in [9.17, 15) is 9.90 Å². The van der Waals surface area contributed by atoms with E-state index in [2.05, 4.69) is 10.3 Å². The minimum Gasteiger partial charge on any atom is -0.389 e. The van der Waals surface area contributed by atoms with Gasteiger partial charge in [-0.25, -0.2) is 4.98 Å². The highest BCUT2D eigenvalue weighted by atomic mass is 32.1. The van der Waals surface area contributed by atoms with Crippen LogP contribution in [0.1, 0.15) is 9.80 Å². The third-order valence-electron chi connectivity index (χ3n) is 2.35. The number of methoxy groups -OCH3 is 1. The first-order valence-corrected chi connectivity index (χ1v) is 6.33. The monoisotopic (exact) mass is 266 g/mol. The number of aromatic nitrogens is 1. The molecular formula is C12H14N2O3S. The normalized spacial score (nSPS) is 12.6. The van der Waals surface area contributed by atoms with Gasteiger partial charge >= 0.3 is 0 Å². The number of nitrogens with one attached hydrogen (secondary N) is 1. The van der Waals surface area contributed by atoms with Gasteiger partial charge in [0.05, 0.1) is 22.9 Å². The molecule has 0 aliphatic rings. The van der Waals surface area contributed by atoms with Crippen LogP contribution in [0.3, 0.4) is 0 Å². The summed E-state index contributed by atoms with van der Waals surface area (Å²) in [5.41, 5.74) is 0.810. The number of hydrogen-bond acceptors (Lipinski definition) is 5. The first-order valence-electron chi connectivity index (χ1n) is 5.51. The number of fused-ring (bicyclic) bond motifs is 1. The van der Waals surface area contributed by atoms with E-state index in [1.807, 2.05) is 24.3 Å². The summed E-state index contributed by atoms with van der Waals surface area (Å²) >= 11 is 1.33. The molecule has 0 fully saturated rings. The summed E-state index contributed by atoms with van der Waals surface area (Å²) in [5.74, 6) is -0.272. The second-order valence-corrected chi connectivity index (χ2v) is 4.84. The maximum atomic E-state index is 11.8.